The monoisotopic (exact) mass is 162 g/mol. The Labute approximate surface area is 70.5 Å². The van der Waals surface area contributed by atoms with Crippen LogP contribution in [-0.4, -0.2) is 15.8 Å². The van der Waals surface area contributed by atoms with Crippen molar-refractivity contribution >= 4 is 11.4 Å². The van der Waals surface area contributed by atoms with Crippen LogP contribution in [0.15, 0.2) is 18.6 Å². The van der Waals surface area contributed by atoms with E-state index in [-0.39, 0.29) is 0 Å². The molecular weight excluding hydrogens is 152 g/mol. The predicted molar refractivity (Wildman–Crippen MR) is 45.4 cm³/mol. The van der Waals surface area contributed by atoms with Gasteiger partial charge in [-0.2, -0.15) is 0 Å². The van der Waals surface area contributed by atoms with Gasteiger partial charge >= 0.3 is 0 Å². The number of aromatic amines is 1. The minimum absolute atomic E-state index is 0.328. The summed E-state index contributed by atoms with van der Waals surface area (Å²) in [6, 6.07) is 0. The highest BCUT2D eigenvalue weighted by Crippen LogP contribution is 2.22. The van der Waals surface area contributed by atoms with E-state index in [1.165, 1.54) is 5.57 Å². The molecule has 0 aromatic carbocycles. The Kier molecular flexibility index (Phi) is 1.78. The first-order chi connectivity index (χ1) is 5.86. The number of Topliss-reactive ketones (excluding diaryl/α,β-unsaturated/α-hetero) is 1. The van der Waals surface area contributed by atoms with Gasteiger partial charge in [0, 0.05) is 19.0 Å². The van der Waals surface area contributed by atoms with Gasteiger partial charge in [-0.3, -0.25) is 4.79 Å². The van der Waals surface area contributed by atoms with E-state index in [2.05, 4.69) is 9.97 Å². The molecule has 1 N–H and O–H groups in total. The highest BCUT2D eigenvalue weighted by Gasteiger charge is 2.12. The SMILES string of the molecule is O=C1CC=C(c2c[nH]cn2)CC1. The van der Waals surface area contributed by atoms with Gasteiger partial charge < -0.3 is 4.98 Å². The lowest BCUT2D eigenvalue weighted by atomic mass is 9.97. The van der Waals surface area contributed by atoms with E-state index < -0.39 is 0 Å². The third-order valence-corrected chi connectivity index (χ3v) is 2.08. The Hall–Kier alpha value is -1.38. The Morgan fingerprint density at radius 2 is 2.33 bits per heavy atom. The molecule has 0 saturated heterocycles. The highest BCUT2D eigenvalue weighted by atomic mass is 16.1. The zero-order chi connectivity index (χ0) is 8.39. The molecule has 3 heteroatoms. The maximum Gasteiger partial charge on any atom is 0.137 e. The van der Waals surface area contributed by atoms with Crippen molar-refractivity contribution in [1.82, 2.24) is 9.97 Å². The molecule has 1 aromatic heterocycles. The third kappa shape index (κ3) is 1.30. The number of aromatic nitrogens is 2. The van der Waals surface area contributed by atoms with E-state index in [9.17, 15) is 4.79 Å². The van der Waals surface area contributed by atoms with Crippen LogP contribution in [0.25, 0.3) is 5.57 Å². The number of carbonyl (C=O) groups excluding carboxylic acids is 1. The Balaban J connectivity index is 2.21. The number of ketones is 1. The van der Waals surface area contributed by atoms with Gasteiger partial charge in [-0.25, -0.2) is 4.98 Å². The molecule has 1 heterocycles. The summed E-state index contributed by atoms with van der Waals surface area (Å²) >= 11 is 0. The molecular formula is C9H10N2O. The van der Waals surface area contributed by atoms with E-state index >= 15 is 0 Å². The number of H-pyrrole nitrogens is 1. The summed E-state index contributed by atoms with van der Waals surface area (Å²) < 4.78 is 0. The lowest BCUT2D eigenvalue weighted by molar-refractivity contribution is -0.118. The number of hydrogen-bond donors (Lipinski definition) is 1. The molecule has 0 saturated carbocycles. The first-order valence-electron chi connectivity index (χ1n) is 4.06. The van der Waals surface area contributed by atoms with Crippen LogP contribution in [0, 0.1) is 0 Å². The number of allylic oxidation sites excluding steroid dienone is 2. The molecule has 1 aliphatic rings. The number of nitrogens with zero attached hydrogens (tertiary/aromatic N) is 1. The molecule has 0 radical (unpaired) electrons. The fourth-order valence-corrected chi connectivity index (χ4v) is 1.38. The largest absolute Gasteiger partial charge is 0.351 e. The molecule has 0 amide bonds. The summed E-state index contributed by atoms with van der Waals surface area (Å²) in [6.07, 6.45) is 7.57. The van der Waals surface area contributed by atoms with Gasteiger partial charge in [-0.05, 0) is 12.0 Å². The van der Waals surface area contributed by atoms with Crippen LogP contribution in [-0.2, 0) is 4.79 Å². The van der Waals surface area contributed by atoms with Crippen molar-refractivity contribution in [3.8, 4) is 0 Å². The average molecular weight is 162 g/mol. The minimum Gasteiger partial charge on any atom is -0.351 e. The van der Waals surface area contributed by atoms with Gasteiger partial charge in [0.05, 0.1) is 12.0 Å². The third-order valence-electron chi connectivity index (χ3n) is 2.08. The smallest absolute Gasteiger partial charge is 0.137 e. The molecule has 2 rings (SSSR count). The van der Waals surface area contributed by atoms with Crippen LogP contribution >= 0.6 is 0 Å². The molecule has 0 fully saturated rings. The topological polar surface area (TPSA) is 45.8 Å². The predicted octanol–water partition coefficient (Wildman–Crippen LogP) is 1.55. The van der Waals surface area contributed by atoms with Crippen LogP contribution in [0.2, 0.25) is 0 Å². The fourth-order valence-electron chi connectivity index (χ4n) is 1.38. The minimum atomic E-state index is 0.328. The summed E-state index contributed by atoms with van der Waals surface area (Å²) in [4.78, 5) is 17.9. The normalized spacial score (nSPS) is 17.7. The molecule has 0 bridgehead atoms. The van der Waals surface area contributed by atoms with Gasteiger partial charge in [0.1, 0.15) is 5.78 Å². The van der Waals surface area contributed by atoms with Crippen molar-refractivity contribution in [2.24, 2.45) is 0 Å². The van der Waals surface area contributed by atoms with Crippen LogP contribution in [0.1, 0.15) is 25.0 Å². The molecule has 0 spiro atoms. The maximum atomic E-state index is 10.9. The summed E-state index contributed by atoms with van der Waals surface area (Å²) in [5.74, 6) is 0.328. The van der Waals surface area contributed by atoms with Crippen LogP contribution < -0.4 is 0 Å². The summed E-state index contributed by atoms with van der Waals surface area (Å²) in [5.41, 5.74) is 2.17. The zero-order valence-electron chi connectivity index (χ0n) is 6.71. The Bertz CT molecular complexity index is 311. The average Bonchev–Trinajstić information content (AvgIpc) is 2.58. The van der Waals surface area contributed by atoms with Crippen molar-refractivity contribution in [2.45, 2.75) is 19.3 Å². The van der Waals surface area contributed by atoms with E-state index in [0.717, 1.165) is 12.1 Å². The van der Waals surface area contributed by atoms with E-state index in [0.29, 0.717) is 18.6 Å². The molecule has 1 aromatic rings. The number of carbonyl (C=O) groups is 1. The fraction of sp³-hybridized carbons (Fsp3) is 0.333. The van der Waals surface area contributed by atoms with Crippen molar-refractivity contribution < 1.29 is 4.79 Å². The second-order valence-electron chi connectivity index (χ2n) is 2.93. The number of nitrogens with one attached hydrogen (secondary N) is 1. The highest BCUT2D eigenvalue weighted by molar-refractivity contribution is 5.86. The van der Waals surface area contributed by atoms with Crippen molar-refractivity contribution in [1.29, 1.82) is 0 Å². The molecule has 0 aliphatic heterocycles. The Morgan fingerprint density at radius 1 is 1.42 bits per heavy atom. The van der Waals surface area contributed by atoms with Crippen molar-refractivity contribution in [2.75, 3.05) is 0 Å². The first-order valence-corrected chi connectivity index (χ1v) is 4.06. The molecule has 3 nitrogen and oxygen atoms in total. The quantitative estimate of drug-likeness (QED) is 0.680. The second-order valence-corrected chi connectivity index (χ2v) is 2.93. The van der Waals surface area contributed by atoms with E-state index in [1.54, 1.807) is 6.33 Å². The zero-order valence-corrected chi connectivity index (χ0v) is 6.71. The van der Waals surface area contributed by atoms with Gasteiger partial charge in [-0.1, -0.05) is 6.08 Å². The summed E-state index contributed by atoms with van der Waals surface area (Å²) in [6.45, 7) is 0. The molecule has 0 unspecified atom stereocenters. The molecule has 62 valence electrons. The number of rotatable bonds is 1. The van der Waals surface area contributed by atoms with Gasteiger partial charge in [0.2, 0.25) is 0 Å². The van der Waals surface area contributed by atoms with Crippen LogP contribution in [0.5, 0.6) is 0 Å². The Morgan fingerprint density at radius 3 is 2.92 bits per heavy atom. The summed E-state index contributed by atoms with van der Waals surface area (Å²) in [7, 11) is 0. The first kappa shape index (κ1) is 7.28. The lowest BCUT2D eigenvalue weighted by Gasteiger charge is -2.08. The van der Waals surface area contributed by atoms with Gasteiger partial charge in [-0.15, -0.1) is 0 Å². The van der Waals surface area contributed by atoms with E-state index in [1.807, 2.05) is 12.3 Å². The number of imidazole rings is 1. The van der Waals surface area contributed by atoms with Crippen LogP contribution in [0.4, 0.5) is 0 Å². The summed E-state index contributed by atoms with van der Waals surface area (Å²) in [5, 5.41) is 0. The lowest BCUT2D eigenvalue weighted by Crippen LogP contribution is -2.02. The van der Waals surface area contributed by atoms with Crippen molar-refractivity contribution in [3.05, 3.63) is 24.3 Å². The standard InChI is InChI=1S/C9H10N2O/c12-8-3-1-7(2-4-8)9-5-10-6-11-9/h1,5-6H,2-4H2,(H,10,11). The van der Waals surface area contributed by atoms with E-state index in [4.69, 9.17) is 0 Å². The molecule has 0 atom stereocenters. The van der Waals surface area contributed by atoms with Gasteiger partial charge in [0.15, 0.2) is 0 Å². The second kappa shape index (κ2) is 2.93. The maximum absolute atomic E-state index is 10.9. The molecule has 1 aliphatic carbocycles. The van der Waals surface area contributed by atoms with Gasteiger partial charge in [0.25, 0.3) is 0 Å². The van der Waals surface area contributed by atoms with Crippen molar-refractivity contribution in [3.63, 3.8) is 0 Å². The van der Waals surface area contributed by atoms with Crippen LogP contribution in [0.3, 0.4) is 0 Å². The molecule has 12 heavy (non-hydrogen) atoms. The number of hydrogen-bond acceptors (Lipinski definition) is 2.